The minimum Gasteiger partial charge on any atom is -0.360 e. The zero-order chi connectivity index (χ0) is 19.5. The second-order valence-electron chi connectivity index (χ2n) is 7.88. The molecule has 0 radical (unpaired) electrons. The topological polar surface area (TPSA) is 95.8 Å². The molecule has 1 aromatic heterocycles. The molecule has 0 saturated carbocycles. The third kappa shape index (κ3) is 5.06. The number of nitrogens with one attached hydrogen (secondary N) is 1. The number of carbonyl (C=O) groups excluding carboxylic acids is 3. The van der Waals surface area contributed by atoms with E-state index >= 15 is 0 Å². The molecule has 0 unspecified atom stereocenters. The van der Waals surface area contributed by atoms with Crippen LogP contribution in [-0.2, 0) is 14.4 Å². The van der Waals surface area contributed by atoms with Gasteiger partial charge in [0.25, 0.3) is 0 Å². The van der Waals surface area contributed by atoms with Gasteiger partial charge in [-0.1, -0.05) is 25.9 Å². The summed E-state index contributed by atoms with van der Waals surface area (Å²) in [6, 6.07) is 1.61. The van der Waals surface area contributed by atoms with Crippen molar-refractivity contribution in [2.45, 2.75) is 40.5 Å². The Kier molecular flexibility index (Phi) is 6.05. The van der Waals surface area contributed by atoms with Crippen LogP contribution in [0.15, 0.2) is 10.6 Å². The summed E-state index contributed by atoms with van der Waals surface area (Å²) in [4.78, 5) is 40.2. The molecule has 8 heteroatoms. The van der Waals surface area contributed by atoms with E-state index in [9.17, 15) is 14.4 Å². The Balaban J connectivity index is 1.81. The van der Waals surface area contributed by atoms with Gasteiger partial charge in [-0.25, -0.2) is 0 Å². The van der Waals surface area contributed by atoms with Gasteiger partial charge in [-0.2, -0.15) is 0 Å². The molecule has 1 aromatic rings. The molecule has 3 amide bonds. The monoisotopic (exact) mass is 364 g/mol. The molecule has 0 bridgehead atoms. The number of nitrogens with zero attached hydrogens (tertiary/aromatic N) is 3. The first-order valence-electron chi connectivity index (χ1n) is 8.85. The Morgan fingerprint density at radius 1 is 1.31 bits per heavy atom. The smallest absolute Gasteiger partial charge is 0.245 e. The lowest BCUT2D eigenvalue weighted by molar-refractivity contribution is -0.144. The SMILES string of the molecule is Cc1cc(NC(=O)CN(C)C(=O)C2CCN(C(=O)C(C)(C)C)CC2)no1. The number of rotatable bonds is 4. The van der Waals surface area contributed by atoms with Gasteiger partial charge in [0.1, 0.15) is 5.76 Å². The predicted molar refractivity (Wildman–Crippen MR) is 96.3 cm³/mol. The molecule has 1 N–H and O–H groups in total. The Labute approximate surface area is 153 Å². The maximum atomic E-state index is 12.6. The Morgan fingerprint density at radius 3 is 2.42 bits per heavy atom. The lowest BCUT2D eigenvalue weighted by Crippen LogP contribution is -2.47. The molecule has 2 heterocycles. The van der Waals surface area contributed by atoms with Gasteiger partial charge in [0.2, 0.25) is 17.7 Å². The largest absolute Gasteiger partial charge is 0.360 e. The van der Waals surface area contributed by atoms with E-state index in [4.69, 9.17) is 4.52 Å². The Morgan fingerprint density at radius 2 is 1.92 bits per heavy atom. The van der Waals surface area contributed by atoms with E-state index < -0.39 is 5.41 Å². The zero-order valence-electron chi connectivity index (χ0n) is 16.2. The van der Waals surface area contributed by atoms with E-state index in [0.29, 0.717) is 37.5 Å². The van der Waals surface area contributed by atoms with Gasteiger partial charge in [0, 0.05) is 37.5 Å². The fraction of sp³-hybridized carbons (Fsp3) is 0.667. The average molecular weight is 364 g/mol. The number of aryl methyl sites for hydroxylation is 1. The van der Waals surface area contributed by atoms with Crippen molar-refractivity contribution in [1.29, 1.82) is 0 Å². The second kappa shape index (κ2) is 7.88. The van der Waals surface area contributed by atoms with Crippen LogP contribution in [0.1, 0.15) is 39.4 Å². The predicted octanol–water partition coefficient (Wildman–Crippen LogP) is 1.66. The molecule has 1 fully saturated rings. The molecule has 0 aliphatic carbocycles. The molecule has 0 spiro atoms. The highest BCUT2D eigenvalue weighted by Crippen LogP contribution is 2.24. The van der Waals surface area contributed by atoms with Crippen molar-refractivity contribution in [3.63, 3.8) is 0 Å². The number of hydrogen-bond acceptors (Lipinski definition) is 5. The van der Waals surface area contributed by atoms with Crippen molar-refractivity contribution >= 4 is 23.5 Å². The zero-order valence-corrected chi connectivity index (χ0v) is 16.2. The number of likely N-dealkylation sites (N-methyl/N-ethyl adjacent to an activating group) is 1. The lowest BCUT2D eigenvalue weighted by atomic mass is 9.90. The van der Waals surface area contributed by atoms with Crippen molar-refractivity contribution in [1.82, 2.24) is 15.0 Å². The summed E-state index contributed by atoms with van der Waals surface area (Å²) in [6.07, 6.45) is 1.24. The first-order chi connectivity index (χ1) is 12.1. The molecule has 1 aliphatic heterocycles. The minimum absolute atomic E-state index is 0.0497. The molecule has 8 nitrogen and oxygen atoms in total. The molecule has 1 aliphatic rings. The van der Waals surface area contributed by atoms with Gasteiger partial charge < -0.3 is 19.6 Å². The van der Waals surface area contributed by atoms with Gasteiger partial charge in [0.15, 0.2) is 5.82 Å². The third-order valence-corrected chi connectivity index (χ3v) is 4.43. The summed E-state index contributed by atoms with van der Waals surface area (Å²) in [5.41, 5.74) is -0.412. The Hall–Kier alpha value is -2.38. The fourth-order valence-corrected chi connectivity index (χ4v) is 3.02. The molecular weight excluding hydrogens is 336 g/mol. The van der Waals surface area contributed by atoms with Crippen molar-refractivity contribution in [2.75, 3.05) is 32.0 Å². The van der Waals surface area contributed by atoms with Crippen molar-refractivity contribution in [3.8, 4) is 0 Å². The van der Waals surface area contributed by atoms with Crippen LogP contribution in [0.4, 0.5) is 5.82 Å². The van der Waals surface area contributed by atoms with Crippen LogP contribution in [0.25, 0.3) is 0 Å². The van der Waals surface area contributed by atoms with Crippen LogP contribution in [0.5, 0.6) is 0 Å². The molecule has 2 rings (SSSR count). The third-order valence-electron chi connectivity index (χ3n) is 4.43. The van der Waals surface area contributed by atoms with Crippen LogP contribution in [0.3, 0.4) is 0 Å². The van der Waals surface area contributed by atoms with Gasteiger partial charge in [-0.15, -0.1) is 0 Å². The fourth-order valence-electron chi connectivity index (χ4n) is 3.02. The minimum atomic E-state index is -0.412. The molecule has 0 aromatic carbocycles. The van der Waals surface area contributed by atoms with Gasteiger partial charge >= 0.3 is 0 Å². The van der Waals surface area contributed by atoms with Crippen molar-refractivity contribution < 1.29 is 18.9 Å². The van der Waals surface area contributed by atoms with Crippen LogP contribution < -0.4 is 5.32 Å². The summed E-state index contributed by atoms with van der Waals surface area (Å²) < 4.78 is 4.89. The quantitative estimate of drug-likeness (QED) is 0.877. The van der Waals surface area contributed by atoms with E-state index in [-0.39, 0.29) is 30.2 Å². The number of aromatic nitrogens is 1. The second-order valence-corrected chi connectivity index (χ2v) is 7.88. The first kappa shape index (κ1) is 19.9. The number of carbonyl (C=O) groups is 3. The van der Waals surface area contributed by atoms with E-state index in [1.165, 1.54) is 4.90 Å². The van der Waals surface area contributed by atoms with Crippen LogP contribution in [0.2, 0.25) is 0 Å². The number of amides is 3. The first-order valence-corrected chi connectivity index (χ1v) is 8.85. The van der Waals surface area contributed by atoms with Crippen molar-refractivity contribution in [2.24, 2.45) is 11.3 Å². The highest BCUT2D eigenvalue weighted by Gasteiger charge is 2.33. The molecule has 1 saturated heterocycles. The Bertz CT molecular complexity index is 669. The maximum absolute atomic E-state index is 12.6. The van der Waals surface area contributed by atoms with E-state index in [1.54, 1.807) is 20.0 Å². The van der Waals surface area contributed by atoms with Crippen molar-refractivity contribution in [3.05, 3.63) is 11.8 Å². The maximum Gasteiger partial charge on any atom is 0.245 e. The summed E-state index contributed by atoms with van der Waals surface area (Å²) in [5.74, 6) is 0.489. The summed E-state index contributed by atoms with van der Waals surface area (Å²) in [7, 11) is 1.61. The average Bonchev–Trinajstić information content (AvgIpc) is 2.97. The van der Waals surface area contributed by atoms with Crippen LogP contribution >= 0.6 is 0 Å². The van der Waals surface area contributed by atoms with Gasteiger partial charge in [-0.05, 0) is 19.8 Å². The molecule has 26 heavy (non-hydrogen) atoms. The number of anilines is 1. The number of hydrogen-bond donors (Lipinski definition) is 1. The normalized spacial score (nSPS) is 15.7. The van der Waals surface area contributed by atoms with E-state index in [2.05, 4.69) is 10.5 Å². The highest BCUT2D eigenvalue weighted by atomic mass is 16.5. The molecular formula is C18H28N4O4. The molecule has 144 valence electrons. The van der Waals surface area contributed by atoms with E-state index in [1.807, 2.05) is 25.7 Å². The lowest BCUT2D eigenvalue weighted by Gasteiger charge is -2.36. The number of likely N-dealkylation sites (tertiary alicyclic amines) is 1. The standard InChI is InChI=1S/C18H28N4O4/c1-12-10-14(20-26-12)19-15(23)11-21(5)16(24)13-6-8-22(9-7-13)17(25)18(2,3)4/h10,13H,6-9,11H2,1-5H3,(H,19,20,23). The highest BCUT2D eigenvalue weighted by molar-refractivity contribution is 5.94. The van der Waals surface area contributed by atoms with Gasteiger partial charge in [0.05, 0.1) is 6.54 Å². The van der Waals surface area contributed by atoms with Gasteiger partial charge in [-0.3, -0.25) is 14.4 Å². The summed E-state index contributed by atoms with van der Waals surface area (Å²) >= 11 is 0. The van der Waals surface area contributed by atoms with Crippen LogP contribution in [-0.4, -0.2) is 59.4 Å². The summed E-state index contributed by atoms with van der Waals surface area (Å²) in [5, 5.41) is 6.29. The molecule has 0 atom stereocenters. The van der Waals surface area contributed by atoms with Crippen LogP contribution in [0, 0.1) is 18.3 Å². The number of piperidine rings is 1. The van der Waals surface area contributed by atoms with E-state index in [0.717, 1.165) is 0 Å². The summed E-state index contributed by atoms with van der Waals surface area (Å²) in [6.45, 7) is 8.52.